The minimum atomic E-state index is -4.88. The number of nitrogens with zero attached hydrogens (tertiary/aromatic N) is 3. The second-order valence-electron chi connectivity index (χ2n) is 5.39. The van der Waals surface area contributed by atoms with Gasteiger partial charge in [0, 0.05) is 18.0 Å². The average Bonchev–Trinajstić information content (AvgIpc) is 2.61. The molecule has 1 aromatic carbocycles. The van der Waals surface area contributed by atoms with Crippen LogP contribution in [0.2, 0.25) is 0 Å². The van der Waals surface area contributed by atoms with Gasteiger partial charge in [-0.15, -0.1) is 0 Å². The minimum absolute atomic E-state index is 0. The number of nitrogen functional groups attached to an aromatic ring is 1. The molecule has 0 atom stereocenters. The molecule has 0 bridgehead atoms. The molecule has 0 radical (unpaired) electrons. The molecule has 2 aromatic rings. The van der Waals surface area contributed by atoms with Crippen LogP contribution >= 0.6 is 12.0 Å². The number of hydrogen-bond acceptors (Lipinski definition) is 15. The van der Waals surface area contributed by atoms with Crippen molar-refractivity contribution in [2.24, 2.45) is 0 Å². The van der Waals surface area contributed by atoms with Crippen LogP contribution in [-0.2, 0) is 29.5 Å². The van der Waals surface area contributed by atoms with E-state index in [0.717, 1.165) is 12.3 Å². The number of nitrogens with two attached hydrogens (primary N) is 1. The van der Waals surface area contributed by atoms with E-state index in [1.165, 1.54) is 12.1 Å². The third-order valence-electron chi connectivity index (χ3n) is 3.05. The number of aromatic nitrogens is 3. The maximum atomic E-state index is 11.5. The van der Waals surface area contributed by atoms with E-state index in [1.54, 1.807) is 0 Å². The molecule has 0 aliphatic carbocycles. The van der Waals surface area contributed by atoms with Crippen LogP contribution in [-0.4, -0.2) is 55.7 Å². The van der Waals surface area contributed by atoms with Gasteiger partial charge in [0.25, 0.3) is 0 Å². The molecule has 5 N–H and O–H groups in total. The predicted molar refractivity (Wildman–Crippen MR) is 101 cm³/mol. The van der Waals surface area contributed by atoms with E-state index in [2.05, 4.69) is 39.7 Å². The molecule has 0 unspecified atom stereocenters. The zero-order chi connectivity index (χ0) is 22.4. The van der Waals surface area contributed by atoms with E-state index in [4.69, 9.17) is 5.73 Å². The molecule has 2 rings (SSSR count). The maximum absolute atomic E-state index is 11.5. The van der Waals surface area contributed by atoms with Crippen molar-refractivity contribution in [3.8, 4) is 0 Å². The van der Waals surface area contributed by atoms with Crippen LogP contribution in [0.4, 0.5) is 23.5 Å². The van der Waals surface area contributed by atoms with Crippen LogP contribution in [0.1, 0.15) is 0 Å². The monoisotopic (exact) mass is 527 g/mol. The number of benzene rings is 1. The van der Waals surface area contributed by atoms with Gasteiger partial charge in [0.15, 0.2) is 0 Å². The van der Waals surface area contributed by atoms with Gasteiger partial charge >= 0.3 is 59.1 Å². The van der Waals surface area contributed by atoms with Crippen molar-refractivity contribution in [3.05, 3.63) is 18.2 Å². The smallest absolute Gasteiger partial charge is 0.744 e. The summed E-state index contributed by atoms with van der Waals surface area (Å²) in [5.74, 6) is -0.499. The number of hydrogen-bond donors (Lipinski definition) is 4. The Morgan fingerprint density at radius 3 is 2.34 bits per heavy atom. The fourth-order valence-corrected chi connectivity index (χ4v) is 3.47. The average molecular weight is 527 g/mol. The van der Waals surface area contributed by atoms with Crippen LogP contribution in [0.3, 0.4) is 0 Å². The number of anilines is 4. The van der Waals surface area contributed by atoms with Crippen LogP contribution in [0.15, 0.2) is 28.0 Å². The Hall–Kier alpha value is -0.320. The summed E-state index contributed by atoms with van der Waals surface area (Å²) in [4.78, 5) is 11.2. The van der Waals surface area contributed by atoms with Gasteiger partial charge in [-0.25, -0.2) is 21.6 Å². The van der Waals surface area contributed by atoms with Crippen molar-refractivity contribution in [1.29, 1.82) is 0 Å². The summed E-state index contributed by atoms with van der Waals surface area (Å²) in [6.07, 6.45) is 0.998. The molecular weight excluding hydrogens is 512 g/mol. The Labute approximate surface area is 232 Å². The molecule has 0 saturated heterocycles. The van der Waals surface area contributed by atoms with E-state index >= 15 is 0 Å². The molecule has 0 saturated carbocycles. The molecule has 1 aromatic heterocycles. The number of nitrogens with one attached hydrogen (secondary N) is 3. The van der Waals surface area contributed by atoms with Gasteiger partial charge in [0.1, 0.15) is 10.1 Å². The molecule has 0 fully saturated rings. The standard InChI is InChI=1S/C12H17N7O8S3.2Na/c1-29(21,22)15-5-4-14-11-17-10(13)18-12(19-11)16-8-6-7(28-27-26-20)2-3-9(8)30(23,24)25;;/h2-3,6,15,20H,4-5H2,1H3,(H,23,24,25)(H4,13,14,16,17,18,19);;/q;2*+1/p-2. The topological polar surface area (TPSA) is 234 Å². The van der Waals surface area contributed by atoms with Gasteiger partial charge in [-0.3, -0.25) is 5.04 Å². The molecule has 0 spiro atoms. The van der Waals surface area contributed by atoms with Crippen molar-refractivity contribution < 1.29 is 95.1 Å². The first-order valence-electron chi connectivity index (χ1n) is 7.68. The van der Waals surface area contributed by atoms with Crippen molar-refractivity contribution in [1.82, 2.24) is 19.7 Å². The Morgan fingerprint density at radius 1 is 1.09 bits per heavy atom. The second kappa shape index (κ2) is 14.2. The van der Waals surface area contributed by atoms with Crippen LogP contribution in [0.25, 0.3) is 0 Å². The fourth-order valence-electron chi connectivity index (χ4n) is 1.99. The van der Waals surface area contributed by atoms with Gasteiger partial charge in [0.05, 0.1) is 28.9 Å². The molecule has 20 heteroatoms. The van der Waals surface area contributed by atoms with Crippen LogP contribution in [0, 0.1) is 0 Å². The zero-order valence-electron chi connectivity index (χ0n) is 17.1. The summed E-state index contributed by atoms with van der Waals surface area (Å²) >= 11 is 0.468. The first kappa shape index (κ1) is 31.7. The predicted octanol–water partition coefficient (Wildman–Crippen LogP) is -7.70. The quantitative estimate of drug-likeness (QED) is 0.0530. The minimum Gasteiger partial charge on any atom is -0.744 e. The van der Waals surface area contributed by atoms with Gasteiger partial charge in [0.2, 0.25) is 27.9 Å². The molecular formula is C12H15N7Na2O8S3. The maximum Gasteiger partial charge on any atom is 1.00 e. The van der Waals surface area contributed by atoms with E-state index in [9.17, 15) is 26.6 Å². The van der Waals surface area contributed by atoms with Gasteiger partial charge in [-0.1, -0.05) is 0 Å². The third-order valence-corrected chi connectivity index (χ3v) is 5.24. The van der Waals surface area contributed by atoms with Crippen molar-refractivity contribution in [2.75, 3.05) is 35.7 Å². The first-order valence-corrected chi connectivity index (χ1v) is 11.7. The summed E-state index contributed by atoms with van der Waals surface area (Å²) in [6.45, 7) is 0.140. The van der Waals surface area contributed by atoms with Crippen molar-refractivity contribution >= 4 is 55.7 Å². The fraction of sp³-hybridized carbons (Fsp3) is 0.250. The molecule has 0 aliphatic heterocycles. The number of sulfonamides is 1. The third kappa shape index (κ3) is 11.2. The summed E-state index contributed by atoms with van der Waals surface area (Å²) < 4.78 is 63.0. The summed E-state index contributed by atoms with van der Waals surface area (Å²) in [6, 6.07) is 3.38. The second-order valence-corrected chi connectivity index (χ2v) is 9.35. The molecule has 32 heavy (non-hydrogen) atoms. The van der Waals surface area contributed by atoms with Crippen molar-refractivity contribution in [2.45, 2.75) is 9.79 Å². The SMILES string of the molecule is CS(=O)(=O)NCCNc1nc(N)nc(Nc2cc(SOO[O-])ccc2S(=O)(=O)[O-])n1.[Na+].[Na+]. The Kier molecular flexibility index (Phi) is 14.0. The molecule has 0 amide bonds. The molecule has 15 nitrogen and oxygen atoms in total. The Bertz CT molecular complexity index is 1110. The summed E-state index contributed by atoms with van der Waals surface area (Å²) in [5, 5.41) is 18.4. The van der Waals surface area contributed by atoms with Crippen LogP contribution < -0.4 is 85.5 Å². The van der Waals surface area contributed by atoms with Crippen molar-refractivity contribution in [3.63, 3.8) is 0 Å². The Morgan fingerprint density at radius 2 is 1.75 bits per heavy atom. The largest absolute Gasteiger partial charge is 1.00 e. The summed E-state index contributed by atoms with van der Waals surface area (Å²) in [5.41, 5.74) is 5.37. The van der Waals surface area contributed by atoms with Gasteiger partial charge in [-0.05, 0) is 18.2 Å². The molecule has 1 heterocycles. The first-order chi connectivity index (χ1) is 14.0. The van der Waals surface area contributed by atoms with Gasteiger partial charge < -0.3 is 26.2 Å². The normalized spacial score (nSPS) is 11.2. The molecule has 166 valence electrons. The van der Waals surface area contributed by atoms with E-state index < -0.39 is 25.0 Å². The van der Waals surface area contributed by atoms with E-state index in [1.807, 2.05) is 0 Å². The molecule has 0 aliphatic rings. The van der Waals surface area contributed by atoms with E-state index in [-0.39, 0.29) is 101 Å². The Balaban J connectivity index is 0.00000480. The zero-order valence-corrected chi connectivity index (χ0v) is 23.5. The van der Waals surface area contributed by atoms with E-state index in [0.29, 0.717) is 12.0 Å². The van der Waals surface area contributed by atoms with Gasteiger partial charge in [-0.2, -0.15) is 19.3 Å². The van der Waals surface area contributed by atoms with Crippen LogP contribution in [0.5, 0.6) is 0 Å². The summed E-state index contributed by atoms with van der Waals surface area (Å²) in [7, 11) is -8.25. The number of rotatable bonds is 11.